The molecule has 0 saturated heterocycles. The van der Waals surface area contributed by atoms with Gasteiger partial charge in [-0.1, -0.05) is 88.2 Å². The second-order valence-electron chi connectivity index (χ2n) is 7.91. The molecule has 166 valence electrons. The van der Waals surface area contributed by atoms with Crippen molar-refractivity contribution in [3.63, 3.8) is 0 Å². The molecule has 0 heterocycles. The second-order valence-corrected chi connectivity index (χ2v) is 8.83. The number of hydrogen-bond donors (Lipinski definition) is 1. The molecule has 0 radical (unpaired) electrons. The van der Waals surface area contributed by atoms with Crippen molar-refractivity contribution in [1.82, 2.24) is 10.2 Å². The largest absolute Gasteiger partial charge is 0.355 e. The topological polar surface area (TPSA) is 49.4 Å². The van der Waals surface area contributed by atoms with Gasteiger partial charge >= 0.3 is 0 Å². The van der Waals surface area contributed by atoms with Gasteiger partial charge in [-0.05, 0) is 42.7 Å². The molecule has 0 aliphatic carbocycles. The predicted molar refractivity (Wildman–Crippen MR) is 132 cm³/mol. The normalized spacial score (nSPS) is 11.6. The summed E-state index contributed by atoms with van der Waals surface area (Å²) in [6, 6.07) is 25.1. The van der Waals surface area contributed by atoms with Gasteiger partial charge in [0.15, 0.2) is 0 Å². The minimum atomic E-state index is -0.599. The Balaban J connectivity index is 1.94. The Hall–Kier alpha value is -2.92. The Morgan fingerprint density at radius 3 is 2.25 bits per heavy atom. The Morgan fingerprint density at radius 2 is 1.59 bits per heavy atom. The number of aryl methyl sites for hydroxylation is 1. The van der Waals surface area contributed by atoms with Crippen molar-refractivity contribution in [2.75, 3.05) is 6.54 Å². The van der Waals surface area contributed by atoms with Crippen molar-refractivity contribution in [1.29, 1.82) is 0 Å². The summed E-state index contributed by atoms with van der Waals surface area (Å²) in [5.74, 6) is -0.197. The van der Waals surface area contributed by atoms with E-state index >= 15 is 0 Å². The summed E-state index contributed by atoms with van der Waals surface area (Å²) in [6.07, 6.45) is 0.714. The van der Waals surface area contributed by atoms with Crippen molar-refractivity contribution in [2.45, 2.75) is 39.3 Å². The molecule has 2 amide bonds. The van der Waals surface area contributed by atoms with Gasteiger partial charge < -0.3 is 10.2 Å². The quantitative estimate of drug-likeness (QED) is 0.452. The molecule has 1 atom stereocenters. The van der Waals surface area contributed by atoms with E-state index in [4.69, 9.17) is 0 Å². The molecule has 0 bridgehead atoms. The summed E-state index contributed by atoms with van der Waals surface area (Å²) in [4.78, 5) is 28.4. The minimum absolute atomic E-state index is 0.0642. The number of nitrogens with zero attached hydrogens (tertiary/aromatic N) is 1. The number of amides is 2. The highest BCUT2D eigenvalue weighted by atomic mass is 79.9. The monoisotopic (exact) mass is 492 g/mol. The van der Waals surface area contributed by atoms with E-state index in [1.54, 1.807) is 4.90 Å². The Labute approximate surface area is 198 Å². The maximum Gasteiger partial charge on any atom is 0.243 e. The van der Waals surface area contributed by atoms with E-state index in [0.717, 1.165) is 26.7 Å². The lowest BCUT2D eigenvalue weighted by Gasteiger charge is -2.31. The van der Waals surface area contributed by atoms with E-state index in [1.165, 1.54) is 0 Å². The molecule has 0 spiro atoms. The van der Waals surface area contributed by atoms with Gasteiger partial charge in [0.1, 0.15) is 6.04 Å². The molecule has 5 heteroatoms. The highest BCUT2D eigenvalue weighted by molar-refractivity contribution is 9.10. The maximum atomic E-state index is 13.6. The lowest BCUT2D eigenvalue weighted by Crippen LogP contribution is -2.50. The average molecular weight is 493 g/mol. The van der Waals surface area contributed by atoms with Crippen LogP contribution in [0.25, 0.3) is 0 Å². The highest BCUT2D eigenvalue weighted by Crippen LogP contribution is 2.18. The smallest absolute Gasteiger partial charge is 0.243 e. The molecule has 0 aromatic heterocycles. The third-order valence-corrected chi connectivity index (χ3v) is 5.85. The third kappa shape index (κ3) is 6.79. The van der Waals surface area contributed by atoms with Crippen molar-refractivity contribution < 1.29 is 9.59 Å². The molecule has 3 aromatic rings. The molecular formula is C27H29BrN2O2. The van der Waals surface area contributed by atoms with Gasteiger partial charge in [-0.25, -0.2) is 0 Å². The molecule has 0 aliphatic heterocycles. The molecule has 3 rings (SSSR count). The van der Waals surface area contributed by atoms with Crippen LogP contribution in [0.3, 0.4) is 0 Å². The van der Waals surface area contributed by atoms with Gasteiger partial charge in [0.05, 0.1) is 6.42 Å². The summed E-state index contributed by atoms with van der Waals surface area (Å²) in [5, 5.41) is 2.93. The first kappa shape index (κ1) is 23.7. The number of nitrogens with one attached hydrogen (secondary N) is 1. The Morgan fingerprint density at radius 1 is 0.906 bits per heavy atom. The van der Waals surface area contributed by atoms with E-state index in [1.807, 2.05) is 92.7 Å². The average Bonchev–Trinajstić information content (AvgIpc) is 2.78. The van der Waals surface area contributed by atoms with Gasteiger partial charge in [0.25, 0.3) is 0 Å². The van der Waals surface area contributed by atoms with Gasteiger partial charge in [-0.3, -0.25) is 9.59 Å². The SMILES string of the molecule is CCNC(=O)[C@@H](Cc1ccccc1)N(Cc1ccc(Br)cc1)C(=O)Cc1cccc(C)c1. The lowest BCUT2D eigenvalue weighted by atomic mass is 10.0. The van der Waals surface area contributed by atoms with Gasteiger partial charge in [0, 0.05) is 24.0 Å². The van der Waals surface area contributed by atoms with Gasteiger partial charge in [-0.15, -0.1) is 0 Å². The van der Waals surface area contributed by atoms with Crippen molar-refractivity contribution in [2.24, 2.45) is 0 Å². The second kappa shape index (κ2) is 11.6. The fraction of sp³-hybridized carbons (Fsp3) is 0.259. The van der Waals surface area contributed by atoms with Gasteiger partial charge in [0.2, 0.25) is 11.8 Å². The summed E-state index contributed by atoms with van der Waals surface area (Å²) < 4.78 is 0.975. The first-order chi connectivity index (χ1) is 15.5. The standard InChI is InChI=1S/C27H29BrN2O2/c1-3-29-27(32)25(17-21-9-5-4-6-10-21)30(19-22-12-14-24(28)15-13-22)26(31)18-23-11-7-8-20(2)16-23/h4-16,25H,3,17-19H2,1-2H3,(H,29,32)/t25-/m1/s1. The number of halogens is 1. The van der Waals surface area contributed by atoms with E-state index in [-0.39, 0.29) is 18.2 Å². The van der Waals surface area contributed by atoms with Crippen LogP contribution in [-0.4, -0.2) is 29.3 Å². The van der Waals surface area contributed by atoms with Crippen LogP contribution in [-0.2, 0) is 29.0 Å². The summed E-state index contributed by atoms with van der Waals surface area (Å²) in [5.41, 5.74) is 4.06. The van der Waals surface area contributed by atoms with Crippen LogP contribution in [0, 0.1) is 6.92 Å². The van der Waals surface area contributed by atoms with Crippen LogP contribution < -0.4 is 5.32 Å². The minimum Gasteiger partial charge on any atom is -0.355 e. The van der Waals surface area contributed by atoms with Crippen LogP contribution in [0.15, 0.2) is 83.3 Å². The molecule has 0 aliphatic rings. The zero-order valence-corrected chi connectivity index (χ0v) is 20.1. The number of benzene rings is 3. The maximum absolute atomic E-state index is 13.6. The van der Waals surface area contributed by atoms with Crippen LogP contribution in [0.5, 0.6) is 0 Å². The van der Waals surface area contributed by atoms with Crippen LogP contribution >= 0.6 is 15.9 Å². The molecular weight excluding hydrogens is 464 g/mol. The number of rotatable bonds is 9. The van der Waals surface area contributed by atoms with E-state index < -0.39 is 6.04 Å². The Kier molecular flexibility index (Phi) is 8.63. The number of hydrogen-bond acceptors (Lipinski definition) is 2. The predicted octanol–water partition coefficient (Wildman–Crippen LogP) is 5.08. The fourth-order valence-electron chi connectivity index (χ4n) is 3.73. The van der Waals surface area contributed by atoms with E-state index in [2.05, 4.69) is 21.2 Å². The molecule has 0 fully saturated rings. The Bertz CT molecular complexity index is 1040. The lowest BCUT2D eigenvalue weighted by molar-refractivity contribution is -0.140. The summed E-state index contributed by atoms with van der Waals surface area (Å²) in [6.45, 7) is 4.79. The zero-order chi connectivity index (χ0) is 22.9. The van der Waals surface area contributed by atoms with E-state index in [9.17, 15) is 9.59 Å². The fourth-order valence-corrected chi connectivity index (χ4v) is 4.00. The van der Waals surface area contributed by atoms with Crippen molar-refractivity contribution in [3.05, 3.63) is 106 Å². The number of carbonyl (C=O) groups is 2. The van der Waals surface area contributed by atoms with Gasteiger partial charge in [-0.2, -0.15) is 0 Å². The number of likely N-dealkylation sites (N-methyl/N-ethyl adjacent to an activating group) is 1. The van der Waals surface area contributed by atoms with Crippen LogP contribution in [0.1, 0.15) is 29.2 Å². The first-order valence-corrected chi connectivity index (χ1v) is 11.7. The zero-order valence-electron chi connectivity index (χ0n) is 18.6. The molecule has 4 nitrogen and oxygen atoms in total. The van der Waals surface area contributed by atoms with Crippen molar-refractivity contribution in [3.8, 4) is 0 Å². The summed E-state index contributed by atoms with van der Waals surface area (Å²) in [7, 11) is 0. The van der Waals surface area contributed by atoms with Crippen molar-refractivity contribution >= 4 is 27.7 Å². The van der Waals surface area contributed by atoms with E-state index in [0.29, 0.717) is 19.5 Å². The van der Waals surface area contributed by atoms with Crippen LogP contribution in [0.4, 0.5) is 0 Å². The first-order valence-electron chi connectivity index (χ1n) is 10.9. The number of carbonyl (C=O) groups excluding carboxylic acids is 2. The molecule has 3 aromatic carbocycles. The highest BCUT2D eigenvalue weighted by Gasteiger charge is 2.30. The molecule has 1 N–H and O–H groups in total. The van der Waals surface area contributed by atoms with Crippen LogP contribution in [0.2, 0.25) is 0 Å². The molecule has 0 saturated carbocycles. The summed E-state index contributed by atoms with van der Waals surface area (Å²) >= 11 is 3.46. The third-order valence-electron chi connectivity index (χ3n) is 5.33. The molecule has 32 heavy (non-hydrogen) atoms. The molecule has 0 unspecified atom stereocenters.